The van der Waals surface area contributed by atoms with Crippen molar-refractivity contribution in [3.63, 3.8) is 0 Å². The molecule has 0 bridgehead atoms. The maximum Gasteiger partial charge on any atom is 0.267 e. The molecule has 1 saturated heterocycles. The van der Waals surface area contributed by atoms with Gasteiger partial charge in [-0.15, -0.1) is 0 Å². The first kappa shape index (κ1) is 23.1. The quantitative estimate of drug-likeness (QED) is 0.342. The van der Waals surface area contributed by atoms with Crippen LogP contribution in [-0.4, -0.2) is 46.3 Å². The van der Waals surface area contributed by atoms with Crippen LogP contribution in [0.25, 0.3) is 5.57 Å². The number of hydrogen-bond donors (Lipinski definition) is 1. The summed E-state index contributed by atoms with van der Waals surface area (Å²) in [6.07, 6.45) is 0. The molecule has 1 fully saturated rings. The molecule has 2 aliphatic rings. The van der Waals surface area contributed by atoms with Crippen LogP contribution in [0.5, 0.6) is 0 Å². The Morgan fingerprint density at radius 1 is 1.06 bits per heavy atom. The van der Waals surface area contributed by atoms with Gasteiger partial charge in [-0.1, -0.05) is 69.7 Å². The van der Waals surface area contributed by atoms with Crippen LogP contribution in [0.3, 0.4) is 0 Å². The molecule has 0 saturated carbocycles. The summed E-state index contributed by atoms with van der Waals surface area (Å²) >= 11 is 9.64. The molecule has 2 aromatic carbocycles. The van der Waals surface area contributed by atoms with E-state index in [9.17, 15) is 18.0 Å². The average Bonchev–Trinajstić information content (AvgIpc) is 3.13. The minimum Gasteiger partial charge on any atom is -0.303 e. The van der Waals surface area contributed by atoms with Crippen LogP contribution in [0.2, 0.25) is 0 Å². The predicted octanol–water partition coefficient (Wildman–Crippen LogP) is 3.76. The topological polar surface area (TPSA) is 95.0 Å². The number of carbonyl (C=O) groups excluding carboxylic acids is 2. The van der Waals surface area contributed by atoms with Gasteiger partial charge in [-0.2, -0.15) is 8.42 Å². The van der Waals surface area contributed by atoms with E-state index in [-0.39, 0.29) is 27.3 Å². The molecule has 2 aromatic rings. The molecule has 166 valence electrons. The fraction of sp³-hybridized carbons (Fsp3) is 0.190. The average molecular weight is 553 g/mol. The number of fused-ring (bicyclic) bond motifs is 1. The summed E-state index contributed by atoms with van der Waals surface area (Å²) in [5, 5.41) is 0. The molecule has 0 radical (unpaired) electrons. The maximum absolute atomic E-state index is 13.5. The molecule has 1 N–H and O–H groups in total. The van der Waals surface area contributed by atoms with Gasteiger partial charge in [0.25, 0.3) is 21.9 Å². The van der Waals surface area contributed by atoms with Gasteiger partial charge >= 0.3 is 0 Å². The van der Waals surface area contributed by atoms with E-state index in [0.717, 1.165) is 32.3 Å². The molecule has 2 aliphatic heterocycles. The lowest BCUT2D eigenvalue weighted by atomic mass is 10.1. The van der Waals surface area contributed by atoms with Crippen LogP contribution >= 0.6 is 39.9 Å². The smallest absolute Gasteiger partial charge is 0.267 e. The van der Waals surface area contributed by atoms with Crippen molar-refractivity contribution in [1.82, 2.24) is 4.90 Å². The summed E-state index contributed by atoms with van der Waals surface area (Å²) in [4.78, 5) is 29.4. The number of halogens is 1. The number of anilines is 1. The molecular formula is C21H17BrN2O5S3. The molecule has 4 rings (SSSR count). The van der Waals surface area contributed by atoms with Crippen LogP contribution in [0.15, 0.2) is 51.8 Å². The van der Waals surface area contributed by atoms with Gasteiger partial charge < -0.3 is 4.90 Å². The number of aryl methyl sites for hydroxylation is 1. The SMILES string of the molecule is Cc1ccc(CN2C(=O)C(=C3SC(=S)N(CCS(=O)(=O)O)C3=O)c3cc(Br)ccc32)cc1. The van der Waals surface area contributed by atoms with Gasteiger partial charge in [0.1, 0.15) is 4.32 Å². The van der Waals surface area contributed by atoms with Crippen LogP contribution in [0.4, 0.5) is 5.69 Å². The monoisotopic (exact) mass is 552 g/mol. The second kappa shape index (κ2) is 8.71. The molecule has 2 heterocycles. The summed E-state index contributed by atoms with van der Waals surface area (Å²) in [6.45, 7) is 2.03. The van der Waals surface area contributed by atoms with E-state index in [1.54, 1.807) is 11.0 Å². The Morgan fingerprint density at radius 3 is 2.41 bits per heavy atom. The summed E-state index contributed by atoms with van der Waals surface area (Å²) in [5.74, 6) is -1.51. The number of thiocarbonyl (C=S) groups is 1. The summed E-state index contributed by atoms with van der Waals surface area (Å²) < 4.78 is 32.2. The van der Waals surface area contributed by atoms with Crippen LogP contribution in [-0.2, 0) is 26.3 Å². The highest BCUT2D eigenvalue weighted by Crippen LogP contribution is 2.45. The Balaban J connectivity index is 1.74. The fourth-order valence-corrected chi connectivity index (χ4v) is 5.66. The number of thioether (sulfide) groups is 1. The first-order valence-corrected chi connectivity index (χ1v) is 13.1. The van der Waals surface area contributed by atoms with Crippen molar-refractivity contribution in [3.05, 3.63) is 68.5 Å². The molecule has 0 spiro atoms. The Bertz CT molecular complexity index is 1290. The Morgan fingerprint density at radius 2 is 1.75 bits per heavy atom. The summed E-state index contributed by atoms with van der Waals surface area (Å²) in [7, 11) is -4.27. The number of rotatable bonds is 5. The van der Waals surface area contributed by atoms with Gasteiger partial charge in [-0.05, 0) is 30.7 Å². The lowest BCUT2D eigenvalue weighted by Gasteiger charge is -2.17. The zero-order valence-electron chi connectivity index (χ0n) is 16.7. The van der Waals surface area contributed by atoms with Crippen molar-refractivity contribution in [2.45, 2.75) is 13.5 Å². The molecule has 2 amide bonds. The zero-order valence-corrected chi connectivity index (χ0v) is 20.8. The molecular weight excluding hydrogens is 536 g/mol. The largest absolute Gasteiger partial charge is 0.303 e. The summed E-state index contributed by atoms with van der Waals surface area (Å²) in [6, 6.07) is 13.3. The number of nitrogens with zero attached hydrogens (tertiary/aromatic N) is 2. The van der Waals surface area contributed by atoms with Gasteiger partial charge in [0.2, 0.25) is 0 Å². The maximum atomic E-state index is 13.5. The third kappa shape index (κ3) is 4.53. The molecule has 11 heteroatoms. The summed E-state index contributed by atoms with van der Waals surface area (Å²) in [5.41, 5.74) is 3.57. The van der Waals surface area contributed by atoms with Crippen LogP contribution in [0.1, 0.15) is 16.7 Å². The lowest BCUT2D eigenvalue weighted by Crippen LogP contribution is -2.33. The minimum absolute atomic E-state index is 0.141. The van der Waals surface area contributed by atoms with Crippen LogP contribution < -0.4 is 4.90 Å². The highest BCUT2D eigenvalue weighted by molar-refractivity contribution is 9.10. The molecule has 0 aliphatic carbocycles. The van der Waals surface area contributed by atoms with Gasteiger partial charge in [-0.25, -0.2) is 0 Å². The third-order valence-corrected chi connectivity index (χ3v) is 7.73. The second-order valence-corrected chi connectivity index (χ2v) is 11.5. The van der Waals surface area contributed by atoms with Crippen LogP contribution in [0, 0.1) is 6.92 Å². The second-order valence-electron chi connectivity index (χ2n) is 7.35. The first-order valence-electron chi connectivity index (χ1n) is 9.45. The molecule has 32 heavy (non-hydrogen) atoms. The molecule has 0 atom stereocenters. The van der Waals surface area contributed by atoms with Crippen molar-refractivity contribution in [2.24, 2.45) is 0 Å². The standard InChI is InChI=1S/C21H17BrN2O5S3/c1-12-2-4-13(5-3-12)11-24-16-7-6-14(22)10-15(16)17(19(24)25)18-20(26)23(21(30)31-18)8-9-32(27,28)29/h2-7,10H,8-9,11H2,1H3,(H,27,28,29). The Labute approximate surface area is 203 Å². The fourth-order valence-electron chi connectivity index (χ4n) is 3.50. The highest BCUT2D eigenvalue weighted by atomic mass is 79.9. The first-order chi connectivity index (χ1) is 15.0. The van der Waals surface area contributed by atoms with Crippen molar-refractivity contribution >= 4 is 77.4 Å². The predicted molar refractivity (Wildman–Crippen MR) is 132 cm³/mol. The number of carbonyl (C=O) groups is 2. The number of benzene rings is 2. The number of hydrogen-bond acceptors (Lipinski definition) is 6. The number of amides is 2. The van der Waals surface area contributed by atoms with Gasteiger partial charge in [0.15, 0.2) is 0 Å². The van der Waals surface area contributed by atoms with E-state index in [1.165, 1.54) is 0 Å². The Kier molecular flexibility index (Phi) is 6.29. The van der Waals surface area contributed by atoms with E-state index in [2.05, 4.69) is 15.9 Å². The van der Waals surface area contributed by atoms with Gasteiger partial charge in [0, 0.05) is 16.6 Å². The van der Waals surface area contributed by atoms with E-state index in [4.69, 9.17) is 16.8 Å². The van der Waals surface area contributed by atoms with Gasteiger partial charge in [0.05, 0.1) is 28.5 Å². The van der Waals surface area contributed by atoms with E-state index in [0.29, 0.717) is 17.8 Å². The van der Waals surface area contributed by atoms with Gasteiger partial charge in [-0.3, -0.25) is 19.0 Å². The van der Waals surface area contributed by atoms with Crippen molar-refractivity contribution < 1.29 is 22.6 Å². The lowest BCUT2D eigenvalue weighted by molar-refractivity contribution is -0.122. The van der Waals surface area contributed by atoms with E-state index < -0.39 is 21.8 Å². The Hall–Kier alpha value is -2.05. The van der Waals surface area contributed by atoms with Crippen molar-refractivity contribution in [2.75, 3.05) is 17.2 Å². The molecule has 0 unspecified atom stereocenters. The van der Waals surface area contributed by atoms with E-state index >= 15 is 0 Å². The molecule has 7 nitrogen and oxygen atoms in total. The van der Waals surface area contributed by atoms with Crippen molar-refractivity contribution in [1.29, 1.82) is 0 Å². The normalized spacial score (nSPS) is 18.7. The van der Waals surface area contributed by atoms with Crippen molar-refractivity contribution in [3.8, 4) is 0 Å². The van der Waals surface area contributed by atoms with E-state index in [1.807, 2.05) is 43.3 Å². The zero-order chi connectivity index (χ0) is 23.2. The minimum atomic E-state index is -4.27. The third-order valence-electron chi connectivity index (χ3n) is 5.09. The molecule has 0 aromatic heterocycles. The highest BCUT2D eigenvalue weighted by Gasteiger charge is 2.42.